The predicted octanol–water partition coefficient (Wildman–Crippen LogP) is 2.86. The fourth-order valence-electron chi connectivity index (χ4n) is 2.31. The summed E-state index contributed by atoms with van der Waals surface area (Å²) >= 11 is -2.32. The van der Waals surface area contributed by atoms with Crippen molar-refractivity contribution in [3.05, 3.63) is 0 Å². The van der Waals surface area contributed by atoms with Crippen LogP contribution in [0.5, 0.6) is 0 Å². The minimum absolute atomic E-state index is 0.112. The molecule has 0 radical (unpaired) electrons. The van der Waals surface area contributed by atoms with Crippen LogP contribution in [-0.2, 0) is 19.1 Å². The van der Waals surface area contributed by atoms with E-state index in [-0.39, 0.29) is 5.78 Å². The first kappa shape index (κ1) is 18.6. The summed E-state index contributed by atoms with van der Waals surface area (Å²) < 4.78 is 6.16. The molecular formula is C14H26O4Sn. The third-order valence-electron chi connectivity index (χ3n) is 3.26. The van der Waals surface area contributed by atoms with Crippen LogP contribution in [0.2, 0.25) is 12.8 Å². The molecule has 0 aliphatic carbocycles. The molecule has 110 valence electrons. The number of unbranched alkanes of at least 4 members (excludes halogenated alkanes) is 2. The summed E-state index contributed by atoms with van der Waals surface area (Å²) in [6.07, 6.45) is 4.29. The van der Waals surface area contributed by atoms with E-state index in [0.717, 1.165) is 34.6 Å². The van der Waals surface area contributed by atoms with Crippen LogP contribution in [0.4, 0.5) is 0 Å². The van der Waals surface area contributed by atoms with Crippen LogP contribution in [-0.4, -0.2) is 37.5 Å². The molecule has 0 N–H and O–H groups in total. The Labute approximate surface area is 123 Å². The average molecular weight is 377 g/mol. The molecule has 0 aliphatic rings. The summed E-state index contributed by atoms with van der Waals surface area (Å²) in [6, 6.07) is 0. The molecule has 4 nitrogen and oxygen atoms in total. The summed E-state index contributed by atoms with van der Waals surface area (Å²) in [5, 5.41) is 0. The van der Waals surface area contributed by atoms with Crippen molar-refractivity contribution in [2.45, 2.75) is 66.2 Å². The maximum atomic E-state index is 12.0. The fourth-order valence-corrected chi connectivity index (χ4v) is 13.5. The zero-order valence-corrected chi connectivity index (χ0v) is 15.8. The number of rotatable bonds is 9. The van der Waals surface area contributed by atoms with Gasteiger partial charge in [-0.3, -0.25) is 0 Å². The van der Waals surface area contributed by atoms with E-state index in [1.807, 2.05) is 0 Å². The van der Waals surface area contributed by atoms with Gasteiger partial charge in [0.15, 0.2) is 0 Å². The molecule has 0 saturated carbocycles. The second-order valence-electron chi connectivity index (χ2n) is 5.05. The second-order valence-corrected chi connectivity index (χ2v) is 14.6. The van der Waals surface area contributed by atoms with Crippen LogP contribution in [0.1, 0.15) is 53.4 Å². The van der Waals surface area contributed by atoms with E-state index in [4.69, 9.17) is 0 Å². The van der Waals surface area contributed by atoms with Crippen molar-refractivity contribution in [3.63, 3.8) is 0 Å². The number of hydrogen-bond acceptors (Lipinski definition) is 4. The van der Waals surface area contributed by atoms with Crippen molar-refractivity contribution in [2.24, 2.45) is 0 Å². The number of ether oxygens (including phenoxy) is 1. The molecule has 0 aliphatic heterocycles. The SMILES string of the molecule is CCC[CH2][SnH]([CH2]CCC)[CH](C(C)=O)C(=O)OC(C)=O. The van der Waals surface area contributed by atoms with Crippen molar-refractivity contribution >= 4 is 37.5 Å². The van der Waals surface area contributed by atoms with Gasteiger partial charge in [0.1, 0.15) is 0 Å². The summed E-state index contributed by atoms with van der Waals surface area (Å²) in [6.45, 7) is 6.88. The first-order chi connectivity index (χ1) is 8.93. The molecule has 0 amide bonds. The van der Waals surface area contributed by atoms with Crippen molar-refractivity contribution in [3.8, 4) is 0 Å². The van der Waals surface area contributed by atoms with Gasteiger partial charge in [0.25, 0.3) is 0 Å². The van der Waals surface area contributed by atoms with E-state index in [1.165, 1.54) is 13.8 Å². The maximum absolute atomic E-state index is 12.0. The molecule has 1 unspecified atom stereocenters. The zero-order chi connectivity index (χ0) is 14.8. The summed E-state index contributed by atoms with van der Waals surface area (Å²) in [4.78, 5) is 34.6. The van der Waals surface area contributed by atoms with Crippen LogP contribution in [0.25, 0.3) is 0 Å². The predicted molar refractivity (Wildman–Crippen MR) is 77.8 cm³/mol. The normalized spacial score (nSPS) is 12.3. The summed E-state index contributed by atoms with van der Waals surface area (Å²) in [7, 11) is 0. The molecule has 5 heteroatoms. The molecule has 0 heterocycles. The van der Waals surface area contributed by atoms with Crippen molar-refractivity contribution in [1.29, 1.82) is 0 Å². The van der Waals surface area contributed by atoms with Gasteiger partial charge in [0.2, 0.25) is 0 Å². The monoisotopic (exact) mass is 378 g/mol. The van der Waals surface area contributed by atoms with E-state index in [9.17, 15) is 14.4 Å². The molecule has 19 heavy (non-hydrogen) atoms. The van der Waals surface area contributed by atoms with E-state index >= 15 is 0 Å². The Morgan fingerprint density at radius 2 is 1.47 bits per heavy atom. The van der Waals surface area contributed by atoms with Gasteiger partial charge in [0, 0.05) is 0 Å². The third kappa shape index (κ3) is 7.70. The first-order valence-corrected chi connectivity index (χ1v) is 13.7. The number of hydrogen-bond donors (Lipinski definition) is 0. The molecule has 1 atom stereocenters. The van der Waals surface area contributed by atoms with Gasteiger partial charge in [-0.05, 0) is 0 Å². The summed E-state index contributed by atoms with van der Waals surface area (Å²) in [5.41, 5.74) is 0. The average Bonchev–Trinajstić information content (AvgIpc) is 2.30. The van der Waals surface area contributed by atoms with Crippen molar-refractivity contribution in [1.82, 2.24) is 0 Å². The van der Waals surface area contributed by atoms with E-state index in [1.54, 1.807) is 0 Å². The molecule has 0 aromatic heterocycles. The molecule has 0 fully saturated rings. The Hall–Kier alpha value is -0.391. The quantitative estimate of drug-likeness (QED) is 0.352. The number of carbonyl (C=O) groups excluding carboxylic acids is 3. The number of esters is 2. The number of Topliss-reactive ketones (excluding diaryl/α,β-unsaturated/α-hetero) is 1. The van der Waals surface area contributed by atoms with Crippen LogP contribution >= 0.6 is 0 Å². The van der Waals surface area contributed by atoms with Crippen molar-refractivity contribution in [2.75, 3.05) is 0 Å². The zero-order valence-electron chi connectivity index (χ0n) is 12.5. The second kappa shape index (κ2) is 10.4. The van der Waals surface area contributed by atoms with Crippen LogP contribution in [0.15, 0.2) is 0 Å². The molecule has 0 bridgehead atoms. The number of carbonyl (C=O) groups is 3. The minimum atomic E-state index is -2.32. The molecule has 0 spiro atoms. The van der Waals surface area contributed by atoms with Crippen LogP contribution in [0, 0.1) is 0 Å². The molecule has 0 saturated heterocycles. The van der Waals surface area contributed by atoms with E-state index in [2.05, 4.69) is 18.6 Å². The summed E-state index contributed by atoms with van der Waals surface area (Å²) in [5.74, 6) is -1.32. The van der Waals surface area contributed by atoms with Crippen molar-refractivity contribution < 1.29 is 19.1 Å². The van der Waals surface area contributed by atoms with Gasteiger partial charge in [-0.15, -0.1) is 0 Å². The van der Waals surface area contributed by atoms with Gasteiger partial charge in [-0.25, -0.2) is 0 Å². The van der Waals surface area contributed by atoms with Crippen LogP contribution in [0.3, 0.4) is 0 Å². The standard InChI is InChI=1S/C6H7O4.2C4H9.Sn.H/c1-4(7)3-6(9)10-5(2)8;2*1-3-4-2;;/h3H,1-2H3;2*1,3-4H2,2H3;;. The first-order valence-electron chi connectivity index (χ1n) is 7.16. The van der Waals surface area contributed by atoms with Gasteiger partial charge in [-0.2, -0.15) is 0 Å². The Bertz CT molecular complexity index is 307. The third-order valence-corrected chi connectivity index (χ3v) is 14.6. The molecular weight excluding hydrogens is 351 g/mol. The Kier molecular flexibility index (Phi) is 10.2. The van der Waals surface area contributed by atoms with Gasteiger partial charge in [-0.1, -0.05) is 0 Å². The molecule has 0 rings (SSSR count). The van der Waals surface area contributed by atoms with E-state index in [0.29, 0.717) is 0 Å². The topological polar surface area (TPSA) is 60.4 Å². The Morgan fingerprint density at radius 3 is 1.79 bits per heavy atom. The van der Waals surface area contributed by atoms with Gasteiger partial charge >= 0.3 is 123 Å². The van der Waals surface area contributed by atoms with Gasteiger partial charge < -0.3 is 0 Å². The van der Waals surface area contributed by atoms with E-state index < -0.39 is 35.6 Å². The van der Waals surface area contributed by atoms with Crippen LogP contribution < -0.4 is 0 Å². The number of ketones is 1. The Balaban J connectivity index is 4.86. The molecule has 0 aromatic rings. The molecule has 0 aromatic carbocycles. The fraction of sp³-hybridized carbons (Fsp3) is 0.786. The van der Waals surface area contributed by atoms with Gasteiger partial charge in [0.05, 0.1) is 0 Å². The Morgan fingerprint density at radius 1 is 1.00 bits per heavy atom.